The van der Waals surface area contributed by atoms with Gasteiger partial charge >= 0.3 is 5.97 Å². The summed E-state index contributed by atoms with van der Waals surface area (Å²) in [4.78, 5) is 24.3. The second kappa shape index (κ2) is 9.26. The standard InChI is InChI=1S/C25H26N2O5/c1-3-32-22-14-18(12-13-21(22)31-2)23-20-7-5-4-6-19(20)15-27(26-23)24(28)16-8-10-17(11-9-16)25(29)30/h4-5,8-14,19-20H,3,6-7,15H2,1-2H3,(H,29,30). The Morgan fingerprint density at radius 1 is 1.06 bits per heavy atom. The Balaban J connectivity index is 1.70. The highest BCUT2D eigenvalue weighted by Crippen LogP contribution is 2.36. The first kappa shape index (κ1) is 21.6. The highest BCUT2D eigenvalue weighted by Gasteiger charge is 2.36. The molecule has 166 valence electrons. The molecule has 2 unspecified atom stereocenters. The van der Waals surface area contributed by atoms with Crippen LogP contribution in [-0.2, 0) is 0 Å². The molecule has 0 saturated carbocycles. The monoisotopic (exact) mass is 434 g/mol. The fourth-order valence-corrected chi connectivity index (χ4v) is 4.28. The number of ether oxygens (including phenoxy) is 2. The fraction of sp³-hybridized carbons (Fsp3) is 0.320. The van der Waals surface area contributed by atoms with Crippen LogP contribution in [0.5, 0.6) is 11.5 Å². The molecule has 1 aliphatic carbocycles. The summed E-state index contributed by atoms with van der Waals surface area (Å²) in [7, 11) is 1.60. The number of methoxy groups -OCH3 is 1. The van der Waals surface area contributed by atoms with Crippen molar-refractivity contribution in [3.63, 3.8) is 0 Å². The number of nitrogens with zero attached hydrogens (tertiary/aromatic N) is 2. The zero-order valence-corrected chi connectivity index (χ0v) is 18.2. The first-order chi connectivity index (χ1) is 15.5. The number of rotatable bonds is 6. The van der Waals surface area contributed by atoms with Crippen molar-refractivity contribution >= 4 is 17.6 Å². The molecule has 1 amide bonds. The van der Waals surface area contributed by atoms with E-state index < -0.39 is 5.97 Å². The Labute approximate surface area is 187 Å². The number of allylic oxidation sites excluding steroid dienone is 2. The minimum atomic E-state index is -1.02. The van der Waals surface area contributed by atoms with Gasteiger partial charge in [-0.15, -0.1) is 0 Å². The van der Waals surface area contributed by atoms with E-state index in [0.717, 1.165) is 24.1 Å². The van der Waals surface area contributed by atoms with Gasteiger partial charge in [0.1, 0.15) is 0 Å². The summed E-state index contributed by atoms with van der Waals surface area (Å²) in [6, 6.07) is 11.7. The molecule has 0 fully saturated rings. The smallest absolute Gasteiger partial charge is 0.335 e. The number of hydrogen-bond donors (Lipinski definition) is 1. The number of hydrogen-bond acceptors (Lipinski definition) is 5. The summed E-state index contributed by atoms with van der Waals surface area (Å²) in [5.41, 5.74) is 2.30. The van der Waals surface area contributed by atoms with Gasteiger partial charge in [0.05, 0.1) is 25.0 Å². The maximum Gasteiger partial charge on any atom is 0.335 e. The number of fused-ring (bicyclic) bond motifs is 1. The highest BCUT2D eigenvalue weighted by molar-refractivity contribution is 6.05. The second-order valence-electron chi connectivity index (χ2n) is 7.86. The third kappa shape index (κ3) is 4.23. The molecule has 1 N–H and O–H groups in total. The number of carboxylic acids is 1. The van der Waals surface area contributed by atoms with Crippen LogP contribution >= 0.6 is 0 Å². The SMILES string of the molecule is CCOc1cc(C2=NN(C(=O)c3ccc(C(=O)O)cc3)CC3CC=CCC23)ccc1OC. The molecule has 7 heteroatoms. The second-order valence-corrected chi connectivity index (χ2v) is 7.86. The van der Waals surface area contributed by atoms with Crippen molar-refractivity contribution in [3.05, 3.63) is 71.3 Å². The zero-order valence-electron chi connectivity index (χ0n) is 18.2. The largest absolute Gasteiger partial charge is 0.493 e. The van der Waals surface area contributed by atoms with Gasteiger partial charge in [0.25, 0.3) is 5.91 Å². The lowest BCUT2D eigenvalue weighted by atomic mass is 9.77. The number of benzene rings is 2. The van der Waals surface area contributed by atoms with E-state index in [4.69, 9.17) is 19.7 Å². The number of carbonyl (C=O) groups excluding carboxylic acids is 1. The summed E-state index contributed by atoms with van der Waals surface area (Å²) < 4.78 is 11.2. The minimum Gasteiger partial charge on any atom is -0.493 e. The van der Waals surface area contributed by atoms with Crippen LogP contribution in [0, 0.1) is 11.8 Å². The highest BCUT2D eigenvalue weighted by atomic mass is 16.5. The molecule has 2 aromatic rings. The van der Waals surface area contributed by atoms with Crippen LogP contribution in [-0.4, -0.2) is 48.0 Å². The lowest BCUT2D eigenvalue weighted by molar-refractivity contribution is 0.0684. The van der Waals surface area contributed by atoms with Gasteiger partial charge in [-0.3, -0.25) is 4.79 Å². The van der Waals surface area contributed by atoms with Crippen molar-refractivity contribution < 1.29 is 24.2 Å². The average Bonchev–Trinajstić information content (AvgIpc) is 2.83. The first-order valence-electron chi connectivity index (χ1n) is 10.7. The van der Waals surface area contributed by atoms with Gasteiger partial charge in [-0.25, -0.2) is 9.80 Å². The first-order valence-corrected chi connectivity index (χ1v) is 10.7. The number of amides is 1. The van der Waals surface area contributed by atoms with Crippen molar-refractivity contribution in [1.82, 2.24) is 5.01 Å². The molecule has 4 rings (SSSR count). The molecule has 2 atom stereocenters. The van der Waals surface area contributed by atoms with E-state index in [1.165, 1.54) is 29.3 Å². The van der Waals surface area contributed by atoms with Crippen molar-refractivity contribution in [2.45, 2.75) is 19.8 Å². The predicted molar refractivity (Wildman–Crippen MR) is 120 cm³/mol. The Kier molecular flexibility index (Phi) is 6.25. The van der Waals surface area contributed by atoms with Gasteiger partial charge in [-0.1, -0.05) is 12.2 Å². The van der Waals surface area contributed by atoms with Crippen LogP contribution in [0.25, 0.3) is 0 Å². The maximum atomic E-state index is 13.2. The van der Waals surface area contributed by atoms with Gasteiger partial charge in [0.2, 0.25) is 0 Å². The molecular weight excluding hydrogens is 408 g/mol. The van der Waals surface area contributed by atoms with Gasteiger partial charge in [-0.05, 0) is 68.1 Å². The van der Waals surface area contributed by atoms with Crippen LogP contribution < -0.4 is 9.47 Å². The lowest BCUT2D eigenvalue weighted by Crippen LogP contribution is -2.43. The van der Waals surface area contributed by atoms with Crippen molar-refractivity contribution in [3.8, 4) is 11.5 Å². The molecule has 1 heterocycles. The molecular formula is C25H26N2O5. The number of carbonyl (C=O) groups is 2. The third-order valence-corrected chi connectivity index (χ3v) is 5.92. The molecule has 0 bridgehead atoms. The Morgan fingerprint density at radius 3 is 2.47 bits per heavy atom. The van der Waals surface area contributed by atoms with Gasteiger partial charge in [-0.2, -0.15) is 5.10 Å². The normalized spacial score (nSPS) is 19.7. The molecule has 2 aromatic carbocycles. The molecule has 7 nitrogen and oxygen atoms in total. The van der Waals surface area contributed by atoms with E-state index in [-0.39, 0.29) is 23.3 Å². The Bertz CT molecular complexity index is 1070. The Hall–Kier alpha value is -3.61. The van der Waals surface area contributed by atoms with Crippen molar-refractivity contribution in [2.75, 3.05) is 20.3 Å². The van der Waals surface area contributed by atoms with Gasteiger partial charge in [0, 0.05) is 23.6 Å². The summed E-state index contributed by atoms with van der Waals surface area (Å²) in [5.74, 6) is 0.493. The molecule has 32 heavy (non-hydrogen) atoms. The van der Waals surface area contributed by atoms with Crippen molar-refractivity contribution in [2.24, 2.45) is 16.9 Å². The topological polar surface area (TPSA) is 88.4 Å². The number of aromatic carboxylic acids is 1. The molecule has 0 radical (unpaired) electrons. The van der Waals surface area contributed by atoms with Crippen LogP contribution in [0.4, 0.5) is 0 Å². The van der Waals surface area contributed by atoms with E-state index in [2.05, 4.69) is 12.2 Å². The molecule has 0 spiro atoms. The minimum absolute atomic E-state index is 0.142. The lowest BCUT2D eigenvalue weighted by Gasteiger charge is -2.37. The predicted octanol–water partition coefficient (Wildman–Crippen LogP) is 4.23. The van der Waals surface area contributed by atoms with Crippen molar-refractivity contribution in [1.29, 1.82) is 0 Å². The van der Waals surface area contributed by atoms with Gasteiger partial charge < -0.3 is 14.6 Å². The molecule has 0 saturated heterocycles. The van der Waals surface area contributed by atoms with E-state index in [1.54, 1.807) is 7.11 Å². The van der Waals surface area contributed by atoms with E-state index in [9.17, 15) is 9.59 Å². The van der Waals surface area contributed by atoms with E-state index in [0.29, 0.717) is 30.2 Å². The zero-order chi connectivity index (χ0) is 22.7. The number of carboxylic acid groups (broad SMARTS) is 1. The van der Waals surface area contributed by atoms with E-state index >= 15 is 0 Å². The fourth-order valence-electron chi connectivity index (χ4n) is 4.28. The summed E-state index contributed by atoms with van der Waals surface area (Å²) in [6.07, 6.45) is 6.08. The summed E-state index contributed by atoms with van der Waals surface area (Å²) >= 11 is 0. The van der Waals surface area contributed by atoms with Crippen LogP contribution in [0.15, 0.2) is 59.7 Å². The summed E-state index contributed by atoms with van der Waals surface area (Å²) in [6.45, 7) is 2.95. The molecule has 0 aromatic heterocycles. The molecule has 1 aliphatic heterocycles. The maximum absolute atomic E-state index is 13.2. The van der Waals surface area contributed by atoms with Gasteiger partial charge in [0.15, 0.2) is 11.5 Å². The molecule has 2 aliphatic rings. The van der Waals surface area contributed by atoms with Crippen LogP contribution in [0.3, 0.4) is 0 Å². The third-order valence-electron chi connectivity index (χ3n) is 5.92. The van der Waals surface area contributed by atoms with Crippen LogP contribution in [0.1, 0.15) is 46.0 Å². The Morgan fingerprint density at radius 2 is 1.78 bits per heavy atom. The number of hydrazone groups is 1. The summed E-state index contributed by atoms with van der Waals surface area (Å²) in [5, 5.41) is 15.4. The van der Waals surface area contributed by atoms with Crippen LogP contribution in [0.2, 0.25) is 0 Å². The quantitative estimate of drug-likeness (QED) is 0.687. The average molecular weight is 434 g/mol. The van der Waals surface area contributed by atoms with E-state index in [1.807, 2.05) is 25.1 Å².